The van der Waals surface area contributed by atoms with E-state index in [0.717, 1.165) is 10.1 Å². The molecule has 0 fully saturated rings. The van der Waals surface area contributed by atoms with Crippen LogP contribution in [0.5, 0.6) is 0 Å². The summed E-state index contributed by atoms with van der Waals surface area (Å²) in [5.41, 5.74) is 1.07. The van der Waals surface area contributed by atoms with Crippen molar-refractivity contribution in [3.63, 3.8) is 0 Å². The Kier molecular flexibility index (Phi) is 3.28. The third kappa shape index (κ3) is 2.18. The third-order valence-electron chi connectivity index (χ3n) is 4.36. The Hall–Kier alpha value is -3.29. The van der Waals surface area contributed by atoms with Crippen LogP contribution in [0, 0.1) is 5.82 Å². The summed E-state index contributed by atoms with van der Waals surface area (Å²) in [5, 5.41) is 0.421. The quantitative estimate of drug-likeness (QED) is 0.549. The molecule has 0 aliphatic rings. The molecule has 0 amide bonds. The maximum Gasteiger partial charge on any atom is 0.332 e. The zero-order valence-corrected chi connectivity index (χ0v) is 13.6. The third-order valence-corrected chi connectivity index (χ3v) is 4.36. The molecule has 4 rings (SSSR count). The highest BCUT2D eigenvalue weighted by molar-refractivity contribution is 5.82. The Morgan fingerprint density at radius 3 is 2.68 bits per heavy atom. The Balaban J connectivity index is 1.95. The molecule has 1 aromatic carbocycles. The van der Waals surface area contributed by atoms with E-state index >= 15 is 0 Å². The molecule has 0 unspecified atom stereocenters. The molecule has 0 saturated heterocycles. The normalized spacial score (nSPS) is 11.5. The first-order valence-electron chi connectivity index (χ1n) is 7.62. The Labute approximate surface area is 140 Å². The van der Waals surface area contributed by atoms with Gasteiger partial charge in [-0.1, -0.05) is 6.07 Å². The molecule has 0 aliphatic carbocycles. The minimum atomic E-state index is -0.434. The van der Waals surface area contributed by atoms with Crippen molar-refractivity contribution in [1.82, 2.24) is 23.7 Å². The number of fused-ring (bicyclic) bond motifs is 2. The maximum atomic E-state index is 14.0. The fourth-order valence-electron chi connectivity index (χ4n) is 3.02. The Bertz CT molecular complexity index is 1250. The van der Waals surface area contributed by atoms with Gasteiger partial charge >= 0.3 is 5.69 Å². The summed E-state index contributed by atoms with van der Waals surface area (Å²) in [7, 11) is 2.99. The monoisotopic (exact) mass is 339 g/mol. The Morgan fingerprint density at radius 2 is 1.88 bits per heavy atom. The van der Waals surface area contributed by atoms with E-state index in [2.05, 4.69) is 9.97 Å². The van der Waals surface area contributed by atoms with Gasteiger partial charge in [-0.3, -0.25) is 18.9 Å². The van der Waals surface area contributed by atoms with E-state index in [0.29, 0.717) is 22.1 Å². The van der Waals surface area contributed by atoms with Crippen molar-refractivity contribution in [3.05, 3.63) is 69.0 Å². The van der Waals surface area contributed by atoms with Gasteiger partial charge < -0.3 is 4.57 Å². The van der Waals surface area contributed by atoms with E-state index in [1.165, 1.54) is 24.0 Å². The summed E-state index contributed by atoms with van der Waals surface area (Å²) < 4.78 is 18.0. The van der Waals surface area contributed by atoms with Crippen molar-refractivity contribution < 1.29 is 4.39 Å². The van der Waals surface area contributed by atoms with Gasteiger partial charge in [0.05, 0.1) is 18.4 Å². The van der Waals surface area contributed by atoms with Crippen molar-refractivity contribution in [2.45, 2.75) is 6.54 Å². The van der Waals surface area contributed by atoms with Crippen LogP contribution in [0.4, 0.5) is 4.39 Å². The zero-order valence-electron chi connectivity index (χ0n) is 13.6. The number of aromatic nitrogens is 5. The minimum absolute atomic E-state index is 0.289. The highest BCUT2D eigenvalue weighted by atomic mass is 19.1. The highest BCUT2D eigenvalue weighted by Crippen LogP contribution is 2.21. The Morgan fingerprint density at radius 1 is 1.08 bits per heavy atom. The van der Waals surface area contributed by atoms with Crippen LogP contribution in [0.3, 0.4) is 0 Å². The number of rotatable bonds is 2. The van der Waals surface area contributed by atoms with Gasteiger partial charge in [-0.2, -0.15) is 0 Å². The number of aryl methyl sites for hydroxylation is 1. The van der Waals surface area contributed by atoms with Crippen LogP contribution in [-0.4, -0.2) is 23.7 Å². The van der Waals surface area contributed by atoms with Crippen LogP contribution in [0.25, 0.3) is 22.1 Å². The SMILES string of the molecule is Cn1c(=O)c2c(ncn2Cc2ccc(F)c3cccnc23)n(C)c1=O. The number of hydrogen-bond acceptors (Lipinski definition) is 4. The van der Waals surface area contributed by atoms with E-state index in [1.807, 2.05) is 0 Å². The van der Waals surface area contributed by atoms with Crippen LogP contribution in [-0.2, 0) is 20.6 Å². The van der Waals surface area contributed by atoms with Crippen molar-refractivity contribution in [3.8, 4) is 0 Å². The second-order valence-corrected chi connectivity index (χ2v) is 5.86. The molecule has 3 aromatic heterocycles. The summed E-state index contributed by atoms with van der Waals surface area (Å²) in [6.07, 6.45) is 3.10. The topological polar surface area (TPSA) is 74.7 Å². The molecule has 0 N–H and O–H groups in total. The van der Waals surface area contributed by atoms with Gasteiger partial charge in [0, 0.05) is 25.7 Å². The average Bonchev–Trinajstić information content (AvgIpc) is 3.04. The zero-order chi connectivity index (χ0) is 17.7. The van der Waals surface area contributed by atoms with Crippen molar-refractivity contribution in [2.24, 2.45) is 14.1 Å². The summed E-state index contributed by atoms with van der Waals surface area (Å²) in [6, 6.07) is 6.36. The van der Waals surface area contributed by atoms with E-state index < -0.39 is 11.2 Å². The first kappa shape index (κ1) is 15.3. The predicted octanol–water partition coefficient (Wildman–Crippen LogP) is 1.17. The molecular formula is C17H14FN5O2. The van der Waals surface area contributed by atoms with Gasteiger partial charge in [0.15, 0.2) is 11.2 Å². The van der Waals surface area contributed by atoms with Gasteiger partial charge in [-0.15, -0.1) is 0 Å². The van der Waals surface area contributed by atoms with E-state index in [4.69, 9.17) is 0 Å². The van der Waals surface area contributed by atoms with E-state index in [-0.39, 0.29) is 12.4 Å². The number of benzene rings is 1. The predicted molar refractivity (Wildman–Crippen MR) is 91.0 cm³/mol. The fraction of sp³-hybridized carbons (Fsp3) is 0.176. The summed E-state index contributed by atoms with van der Waals surface area (Å²) in [6.45, 7) is 0.289. The smallest absolute Gasteiger partial charge is 0.320 e. The number of hydrogen-bond donors (Lipinski definition) is 0. The van der Waals surface area contributed by atoms with Crippen LogP contribution >= 0.6 is 0 Å². The molecule has 7 nitrogen and oxygen atoms in total. The molecular weight excluding hydrogens is 325 g/mol. The molecule has 4 aromatic rings. The first-order valence-corrected chi connectivity index (χ1v) is 7.62. The lowest BCUT2D eigenvalue weighted by Gasteiger charge is -2.09. The van der Waals surface area contributed by atoms with Gasteiger partial charge in [0.2, 0.25) is 0 Å². The second kappa shape index (κ2) is 5.37. The molecule has 0 radical (unpaired) electrons. The number of imidazole rings is 1. The minimum Gasteiger partial charge on any atom is -0.320 e. The van der Waals surface area contributed by atoms with Crippen molar-refractivity contribution in [1.29, 1.82) is 0 Å². The van der Waals surface area contributed by atoms with Crippen LogP contribution in [0.2, 0.25) is 0 Å². The molecule has 0 saturated carbocycles. The number of pyridine rings is 1. The number of nitrogens with zero attached hydrogens (tertiary/aromatic N) is 5. The van der Waals surface area contributed by atoms with Crippen LogP contribution < -0.4 is 11.2 Å². The molecule has 3 heterocycles. The molecule has 0 spiro atoms. The maximum absolute atomic E-state index is 14.0. The molecule has 0 aliphatic heterocycles. The first-order chi connectivity index (χ1) is 12.0. The fourth-order valence-corrected chi connectivity index (χ4v) is 3.02. The lowest BCUT2D eigenvalue weighted by atomic mass is 10.1. The lowest BCUT2D eigenvalue weighted by molar-refractivity contribution is 0.638. The average molecular weight is 339 g/mol. The van der Waals surface area contributed by atoms with Crippen molar-refractivity contribution >= 4 is 22.1 Å². The standard InChI is InChI=1S/C17H14FN5O2/c1-21-15-14(16(24)22(2)17(21)25)23(9-20-15)8-10-5-6-12(18)11-4-3-7-19-13(10)11/h3-7,9H,8H2,1-2H3. The number of halogens is 1. The highest BCUT2D eigenvalue weighted by Gasteiger charge is 2.15. The van der Waals surface area contributed by atoms with Crippen LogP contribution in [0.15, 0.2) is 46.4 Å². The summed E-state index contributed by atoms with van der Waals surface area (Å²) >= 11 is 0. The lowest BCUT2D eigenvalue weighted by Crippen LogP contribution is -2.37. The van der Waals surface area contributed by atoms with E-state index in [9.17, 15) is 14.0 Å². The van der Waals surface area contributed by atoms with Gasteiger partial charge in [-0.05, 0) is 23.8 Å². The van der Waals surface area contributed by atoms with Crippen LogP contribution in [0.1, 0.15) is 5.56 Å². The molecule has 0 atom stereocenters. The molecule has 0 bridgehead atoms. The van der Waals surface area contributed by atoms with Gasteiger partial charge in [0.1, 0.15) is 5.82 Å². The van der Waals surface area contributed by atoms with Gasteiger partial charge in [-0.25, -0.2) is 14.2 Å². The molecule has 8 heteroatoms. The van der Waals surface area contributed by atoms with Gasteiger partial charge in [0.25, 0.3) is 5.56 Å². The second-order valence-electron chi connectivity index (χ2n) is 5.86. The van der Waals surface area contributed by atoms with Crippen molar-refractivity contribution in [2.75, 3.05) is 0 Å². The molecule has 25 heavy (non-hydrogen) atoms. The summed E-state index contributed by atoms with van der Waals surface area (Å²) in [4.78, 5) is 33.0. The molecule has 126 valence electrons. The van der Waals surface area contributed by atoms with E-state index in [1.54, 1.807) is 36.0 Å². The summed E-state index contributed by atoms with van der Waals surface area (Å²) in [5.74, 6) is -0.347. The largest absolute Gasteiger partial charge is 0.332 e.